The fraction of sp³-hybridized carbons (Fsp3) is 0.250. The first-order chi connectivity index (χ1) is 10.7. The van der Waals surface area contributed by atoms with Crippen LogP contribution in [-0.2, 0) is 14.9 Å². The number of aryl methyl sites for hydroxylation is 3. The van der Waals surface area contributed by atoms with Gasteiger partial charge in [-0.1, -0.05) is 17.7 Å². The molecule has 0 N–H and O–H groups in total. The Labute approximate surface area is 135 Å². The zero-order valence-corrected chi connectivity index (χ0v) is 14.1. The van der Waals surface area contributed by atoms with E-state index in [9.17, 15) is 13.2 Å². The highest BCUT2D eigenvalue weighted by atomic mass is 32.2. The van der Waals surface area contributed by atoms with Gasteiger partial charge < -0.3 is 8.92 Å². The highest BCUT2D eigenvalue weighted by Gasteiger charge is 2.23. The lowest BCUT2D eigenvalue weighted by Crippen LogP contribution is -2.14. The van der Waals surface area contributed by atoms with E-state index in [4.69, 9.17) is 4.18 Å². The van der Waals surface area contributed by atoms with E-state index in [2.05, 4.69) is 9.72 Å². The molecule has 2 aromatic rings. The minimum atomic E-state index is -4.01. The Kier molecular flexibility index (Phi) is 4.70. The normalized spacial score (nSPS) is 11.1. The van der Waals surface area contributed by atoms with Crippen molar-refractivity contribution in [3.63, 3.8) is 0 Å². The molecule has 0 aliphatic carbocycles. The van der Waals surface area contributed by atoms with Crippen LogP contribution < -0.4 is 4.18 Å². The molecule has 1 aromatic carbocycles. The van der Waals surface area contributed by atoms with Crippen LogP contribution >= 0.6 is 0 Å². The molecule has 2 rings (SSSR count). The Bertz CT molecular complexity index is 818. The lowest BCUT2D eigenvalue weighted by Gasteiger charge is -2.12. The number of aromatic nitrogens is 1. The highest BCUT2D eigenvalue weighted by Crippen LogP contribution is 2.24. The summed E-state index contributed by atoms with van der Waals surface area (Å²) < 4.78 is 34.6. The van der Waals surface area contributed by atoms with E-state index in [-0.39, 0.29) is 16.3 Å². The monoisotopic (exact) mass is 335 g/mol. The Morgan fingerprint density at radius 2 is 1.70 bits per heavy atom. The molecule has 0 atom stereocenters. The molecule has 23 heavy (non-hydrogen) atoms. The largest absolute Gasteiger partial charge is 0.465 e. The number of pyridine rings is 1. The molecule has 0 fully saturated rings. The number of rotatable bonds is 4. The number of benzene rings is 1. The van der Waals surface area contributed by atoms with Gasteiger partial charge in [-0.25, -0.2) is 9.78 Å². The number of carbonyl (C=O) groups excluding carboxylic acids is 1. The Morgan fingerprint density at radius 3 is 2.17 bits per heavy atom. The fourth-order valence-corrected chi connectivity index (χ4v) is 3.70. The second-order valence-electron chi connectivity index (χ2n) is 5.14. The van der Waals surface area contributed by atoms with Gasteiger partial charge in [-0.05, 0) is 38.0 Å². The van der Waals surface area contributed by atoms with Crippen LogP contribution in [0.3, 0.4) is 0 Å². The van der Waals surface area contributed by atoms with Crippen LogP contribution in [0.2, 0.25) is 0 Å². The van der Waals surface area contributed by atoms with Gasteiger partial charge in [-0.2, -0.15) is 8.42 Å². The van der Waals surface area contributed by atoms with Gasteiger partial charge in [-0.3, -0.25) is 0 Å². The van der Waals surface area contributed by atoms with E-state index in [1.54, 1.807) is 26.0 Å². The summed E-state index contributed by atoms with van der Waals surface area (Å²) in [5.41, 5.74) is 2.39. The van der Waals surface area contributed by atoms with Crippen LogP contribution in [0, 0.1) is 20.8 Å². The molecular formula is C16H17NO5S. The maximum Gasteiger partial charge on any atom is 0.341 e. The van der Waals surface area contributed by atoms with Crippen LogP contribution in [0.15, 0.2) is 35.4 Å². The van der Waals surface area contributed by atoms with E-state index in [0.717, 1.165) is 5.56 Å². The SMILES string of the molecule is COC(=O)c1ccc(OS(=O)(=O)c2c(C)cc(C)cc2C)nc1. The average Bonchev–Trinajstić information content (AvgIpc) is 2.45. The summed E-state index contributed by atoms with van der Waals surface area (Å²) in [6.07, 6.45) is 1.20. The van der Waals surface area contributed by atoms with Crippen LogP contribution in [0.5, 0.6) is 5.88 Å². The number of hydrogen-bond donors (Lipinski definition) is 0. The molecule has 0 aliphatic heterocycles. The molecule has 122 valence electrons. The molecule has 0 spiro atoms. The first-order valence-corrected chi connectivity index (χ1v) is 8.22. The van der Waals surface area contributed by atoms with Crippen molar-refractivity contribution in [3.8, 4) is 5.88 Å². The van der Waals surface area contributed by atoms with E-state index < -0.39 is 16.1 Å². The molecule has 1 aromatic heterocycles. The van der Waals surface area contributed by atoms with Crippen molar-refractivity contribution < 1.29 is 22.1 Å². The summed E-state index contributed by atoms with van der Waals surface area (Å²) in [6, 6.07) is 6.25. The Morgan fingerprint density at radius 1 is 1.09 bits per heavy atom. The second-order valence-corrected chi connectivity index (χ2v) is 6.63. The summed E-state index contributed by atoms with van der Waals surface area (Å²) in [4.78, 5) is 15.3. The van der Waals surface area contributed by atoms with Crippen molar-refractivity contribution in [2.75, 3.05) is 7.11 Å². The average molecular weight is 335 g/mol. The van der Waals surface area contributed by atoms with Gasteiger partial charge in [0.2, 0.25) is 5.88 Å². The third-order valence-electron chi connectivity index (χ3n) is 3.21. The van der Waals surface area contributed by atoms with Gasteiger partial charge in [0.1, 0.15) is 4.90 Å². The number of nitrogens with zero attached hydrogens (tertiary/aromatic N) is 1. The van der Waals surface area contributed by atoms with Gasteiger partial charge in [0, 0.05) is 12.3 Å². The van der Waals surface area contributed by atoms with E-state index in [0.29, 0.717) is 11.1 Å². The van der Waals surface area contributed by atoms with E-state index in [1.165, 1.54) is 25.4 Å². The summed E-state index contributed by atoms with van der Waals surface area (Å²) >= 11 is 0. The minimum Gasteiger partial charge on any atom is -0.465 e. The Hall–Kier alpha value is -2.41. The molecule has 0 radical (unpaired) electrons. The van der Waals surface area contributed by atoms with Crippen molar-refractivity contribution in [3.05, 3.63) is 52.7 Å². The molecule has 0 aliphatic rings. The van der Waals surface area contributed by atoms with Gasteiger partial charge in [0.25, 0.3) is 0 Å². The molecular weight excluding hydrogens is 318 g/mol. The zero-order chi connectivity index (χ0) is 17.2. The van der Waals surface area contributed by atoms with Crippen molar-refractivity contribution in [2.24, 2.45) is 0 Å². The molecule has 1 heterocycles. The summed E-state index contributed by atoms with van der Waals surface area (Å²) in [5, 5.41) is 0. The first-order valence-electron chi connectivity index (χ1n) is 6.81. The quantitative estimate of drug-likeness (QED) is 0.631. The maximum atomic E-state index is 12.5. The molecule has 0 bridgehead atoms. The molecule has 0 amide bonds. The molecule has 6 nitrogen and oxygen atoms in total. The summed E-state index contributed by atoms with van der Waals surface area (Å²) in [7, 11) is -2.76. The summed E-state index contributed by atoms with van der Waals surface area (Å²) in [6.45, 7) is 5.32. The molecule has 0 unspecified atom stereocenters. The standard InChI is InChI=1S/C16H17NO5S/c1-10-7-11(2)15(12(3)8-10)23(19,20)22-14-6-5-13(9-17-14)16(18)21-4/h5-9H,1-4H3. The van der Waals surface area contributed by atoms with Gasteiger partial charge in [0.05, 0.1) is 12.7 Å². The molecule has 0 saturated heterocycles. The predicted molar refractivity (Wildman–Crippen MR) is 84.0 cm³/mol. The number of carbonyl (C=O) groups is 1. The van der Waals surface area contributed by atoms with Crippen molar-refractivity contribution >= 4 is 16.1 Å². The highest BCUT2D eigenvalue weighted by molar-refractivity contribution is 7.87. The Balaban J connectivity index is 2.34. The number of ether oxygens (including phenoxy) is 1. The first kappa shape index (κ1) is 17.0. The topological polar surface area (TPSA) is 82.6 Å². The van der Waals surface area contributed by atoms with Crippen molar-refractivity contribution in [2.45, 2.75) is 25.7 Å². The third-order valence-corrected chi connectivity index (χ3v) is 4.74. The van der Waals surface area contributed by atoms with Gasteiger partial charge in [-0.15, -0.1) is 0 Å². The predicted octanol–water partition coefficient (Wildman–Crippen LogP) is 2.56. The minimum absolute atomic E-state index is 0.114. The van der Waals surface area contributed by atoms with Gasteiger partial charge in [0.15, 0.2) is 0 Å². The maximum absolute atomic E-state index is 12.5. The number of hydrogen-bond acceptors (Lipinski definition) is 6. The zero-order valence-electron chi connectivity index (χ0n) is 13.3. The van der Waals surface area contributed by atoms with Crippen LogP contribution in [0.25, 0.3) is 0 Å². The van der Waals surface area contributed by atoms with Crippen LogP contribution in [-0.4, -0.2) is 26.5 Å². The lowest BCUT2D eigenvalue weighted by molar-refractivity contribution is 0.0600. The van der Waals surface area contributed by atoms with Gasteiger partial charge >= 0.3 is 16.1 Å². The fourth-order valence-electron chi connectivity index (χ4n) is 2.38. The molecule has 0 saturated carbocycles. The lowest BCUT2D eigenvalue weighted by atomic mass is 10.1. The van der Waals surface area contributed by atoms with Crippen LogP contribution in [0.4, 0.5) is 0 Å². The number of esters is 1. The van der Waals surface area contributed by atoms with E-state index in [1.807, 2.05) is 6.92 Å². The van der Waals surface area contributed by atoms with Crippen LogP contribution in [0.1, 0.15) is 27.0 Å². The third kappa shape index (κ3) is 3.68. The van der Waals surface area contributed by atoms with Crippen molar-refractivity contribution in [1.29, 1.82) is 0 Å². The summed E-state index contributed by atoms with van der Waals surface area (Å²) in [5.74, 6) is -0.672. The van der Waals surface area contributed by atoms with E-state index >= 15 is 0 Å². The smallest absolute Gasteiger partial charge is 0.341 e. The number of methoxy groups -OCH3 is 1. The second kappa shape index (κ2) is 6.37. The van der Waals surface area contributed by atoms with Crippen molar-refractivity contribution in [1.82, 2.24) is 4.98 Å². The molecule has 7 heteroatoms.